The Bertz CT molecular complexity index is 2070. The van der Waals surface area contributed by atoms with E-state index in [2.05, 4.69) is 50.2 Å². The van der Waals surface area contributed by atoms with Gasteiger partial charge in [0.25, 0.3) is 0 Å². The van der Waals surface area contributed by atoms with E-state index >= 15 is 0 Å². The molecule has 0 fully saturated rings. The fourth-order valence-electron chi connectivity index (χ4n) is 5.96. The Balaban J connectivity index is 0.00000392. The molecule has 4 aromatic heterocycles. The first kappa shape index (κ1) is 32.8. The SMILES string of the molecule is CC(C)(c1cccc(-c2[c-]c(-c3ccccc3)n(-c3ccccc3)n2)n1)c1cccc(-c2[c-]c(-c3ccccc3)n(-c3ccccc3)n2)n1.[Pt+2]. The fourth-order valence-corrected chi connectivity index (χ4v) is 5.96. The topological polar surface area (TPSA) is 61.4 Å². The minimum Gasteiger partial charge on any atom is -0.314 e. The second kappa shape index (κ2) is 14.0. The molecule has 4 heterocycles. The van der Waals surface area contributed by atoms with Crippen LogP contribution in [0.3, 0.4) is 0 Å². The molecule has 6 nitrogen and oxygen atoms in total. The number of benzene rings is 4. The van der Waals surface area contributed by atoms with Gasteiger partial charge in [0, 0.05) is 16.8 Å². The molecule has 0 aliphatic heterocycles. The molecule has 0 saturated heterocycles. The van der Waals surface area contributed by atoms with Crippen molar-refractivity contribution in [2.24, 2.45) is 0 Å². The summed E-state index contributed by atoms with van der Waals surface area (Å²) in [5, 5.41) is 10.0. The molecule has 0 radical (unpaired) electrons. The number of hydrogen-bond acceptors (Lipinski definition) is 4. The zero-order valence-corrected chi connectivity index (χ0v) is 29.8. The standard InChI is InChI=1S/C43H32N6.Pt/c1-43(2,41-27-15-25-35(44-41)37-29-39(31-17-7-3-8-18-31)48(46-37)33-21-11-5-12-22-33)42-28-16-26-36(45-42)38-30-40(32-19-9-4-10-20-32)49(47-38)34-23-13-6-14-24-34;/h3-28H,1-2H3;/q-2;+2. The molecule has 0 spiro atoms. The first-order valence-corrected chi connectivity index (χ1v) is 16.3. The smallest absolute Gasteiger partial charge is 0.314 e. The van der Waals surface area contributed by atoms with Gasteiger partial charge in [-0.25, -0.2) is 0 Å². The van der Waals surface area contributed by atoms with E-state index in [1.807, 2.05) is 143 Å². The summed E-state index contributed by atoms with van der Waals surface area (Å²) in [6.45, 7) is 4.29. The molecule has 8 aromatic rings. The molecule has 0 amide bonds. The summed E-state index contributed by atoms with van der Waals surface area (Å²) >= 11 is 0. The molecule has 0 N–H and O–H groups in total. The summed E-state index contributed by atoms with van der Waals surface area (Å²) in [7, 11) is 0. The monoisotopic (exact) mass is 827 g/mol. The van der Waals surface area contributed by atoms with Crippen LogP contribution in [0.15, 0.2) is 158 Å². The van der Waals surface area contributed by atoms with Crippen LogP contribution in [0.4, 0.5) is 0 Å². The summed E-state index contributed by atoms with van der Waals surface area (Å²) < 4.78 is 3.87. The fraction of sp³-hybridized carbons (Fsp3) is 0.0698. The predicted octanol–water partition coefficient (Wildman–Crippen LogP) is 9.44. The van der Waals surface area contributed by atoms with Gasteiger partial charge in [0.2, 0.25) is 0 Å². The van der Waals surface area contributed by atoms with Crippen molar-refractivity contribution in [2.75, 3.05) is 0 Å². The average molecular weight is 828 g/mol. The molecule has 0 bridgehead atoms. The Morgan fingerprint density at radius 3 is 1.18 bits per heavy atom. The zero-order chi connectivity index (χ0) is 33.2. The number of aromatic nitrogens is 6. The second-order valence-electron chi connectivity index (χ2n) is 12.3. The van der Waals surface area contributed by atoms with Crippen molar-refractivity contribution in [1.29, 1.82) is 0 Å². The van der Waals surface area contributed by atoms with Crippen molar-refractivity contribution in [2.45, 2.75) is 19.3 Å². The van der Waals surface area contributed by atoms with E-state index in [0.29, 0.717) is 11.4 Å². The molecule has 0 saturated carbocycles. The third-order valence-electron chi connectivity index (χ3n) is 8.66. The Kier molecular flexibility index (Phi) is 9.21. The third-order valence-corrected chi connectivity index (χ3v) is 8.66. The summed E-state index contributed by atoms with van der Waals surface area (Å²) in [6.07, 6.45) is 0. The van der Waals surface area contributed by atoms with Crippen LogP contribution in [0.1, 0.15) is 25.2 Å². The average Bonchev–Trinajstić information content (AvgIpc) is 3.83. The first-order valence-electron chi connectivity index (χ1n) is 16.3. The van der Waals surface area contributed by atoms with Crippen molar-refractivity contribution >= 4 is 0 Å². The molecule has 0 aliphatic rings. The van der Waals surface area contributed by atoms with E-state index < -0.39 is 5.41 Å². The predicted molar refractivity (Wildman–Crippen MR) is 194 cm³/mol. The maximum Gasteiger partial charge on any atom is 2.00 e. The van der Waals surface area contributed by atoms with Crippen LogP contribution in [0.5, 0.6) is 0 Å². The van der Waals surface area contributed by atoms with E-state index in [0.717, 1.165) is 56.7 Å². The van der Waals surface area contributed by atoms with Gasteiger partial charge in [0.1, 0.15) is 0 Å². The van der Waals surface area contributed by atoms with Crippen LogP contribution < -0.4 is 0 Å². The van der Waals surface area contributed by atoms with Crippen LogP contribution in [0.2, 0.25) is 0 Å². The maximum absolute atomic E-state index is 5.16. The van der Waals surface area contributed by atoms with Crippen LogP contribution >= 0.6 is 0 Å². The van der Waals surface area contributed by atoms with Crippen molar-refractivity contribution in [3.8, 4) is 56.7 Å². The maximum atomic E-state index is 5.16. The van der Waals surface area contributed by atoms with Gasteiger partial charge in [-0.3, -0.25) is 9.36 Å². The van der Waals surface area contributed by atoms with Crippen LogP contribution in [-0.2, 0) is 26.5 Å². The van der Waals surface area contributed by atoms with Gasteiger partial charge in [-0.2, -0.15) is 10.2 Å². The molecule has 0 atom stereocenters. The molecular formula is C43H32N6Pt. The quantitative estimate of drug-likeness (QED) is 0.143. The summed E-state index contributed by atoms with van der Waals surface area (Å²) in [6, 6.07) is 59.9. The van der Waals surface area contributed by atoms with Gasteiger partial charge >= 0.3 is 21.1 Å². The molecule has 0 aliphatic carbocycles. The van der Waals surface area contributed by atoms with Gasteiger partial charge < -0.3 is 9.97 Å². The first-order chi connectivity index (χ1) is 24.0. The summed E-state index contributed by atoms with van der Waals surface area (Å²) in [5.41, 5.74) is 9.82. The van der Waals surface area contributed by atoms with Gasteiger partial charge in [-0.1, -0.05) is 108 Å². The Hall–Kier alpha value is -5.71. The number of para-hydroxylation sites is 2. The Morgan fingerprint density at radius 2 is 0.800 bits per heavy atom. The molecule has 4 aromatic carbocycles. The van der Waals surface area contributed by atoms with Gasteiger partial charge in [0.15, 0.2) is 0 Å². The van der Waals surface area contributed by atoms with E-state index in [9.17, 15) is 0 Å². The van der Waals surface area contributed by atoms with E-state index in [-0.39, 0.29) is 21.1 Å². The van der Waals surface area contributed by atoms with E-state index in [1.54, 1.807) is 0 Å². The summed E-state index contributed by atoms with van der Waals surface area (Å²) in [5.74, 6) is 0. The van der Waals surface area contributed by atoms with Gasteiger partial charge in [-0.15, -0.1) is 36.4 Å². The second-order valence-corrected chi connectivity index (χ2v) is 12.3. The van der Waals surface area contributed by atoms with Crippen LogP contribution in [-0.4, -0.2) is 29.5 Å². The minimum atomic E-state index is -0.527. The zero-order valence-electron chi connectivity index (χ0n) is 27.5. The number of hydrogen-bond donors (Lipinski definition) is 0. The van der Waals surface area contributed by atoms with E-state index in [1.165, 1.54) is 0 Å². The Labute approximate surface area is 306 Å². The third kappa shape index (κ3) is 6.38. The van der Waals surface area contributed by atoms with Crippen molar-refractivity contribution in [3.05, 3.63) is 181 Å². The van der Waals surface area contributed by atoms with Gasteiger partial charge in [0.05, 0.1) is 11.4 Å². The normalized spacial score (nSPS) is 11.2. The number of rotatable bonds is 8. The number of pyridine rings is 2. The van der Waals surface area contributed by atoms with Crippen LogP contribution in [0, 0.1) is 12.1 Å². The molecule has 8 rings (SSSR count). The van der Waals surface area contributed by atoms with E-state index in [4.69, 9.17) is 20.2 Å². The Morgan fingerprint density at radius 1 is 0.440 bits per heavy atom. The minimum absolute atomic E-state index is 0. The van der Waals surface area contributed by atoms with Crippen molar-refractivity contribution in [3.63, 3.8) is 0 Å². The van der Waals surface area contributed by atoms with Crippen LogP contribution in [0.25, 0.3) is 56.7 Å². The van der Waals surface area contributed by atoms with Gasteiger partial charge in [-0.05, 0) is 84.4 Å². The van der Waals surface area contributed by atoms with Crippen molar-refractivity contribution < 1.29 is 21.1 Å². The summed E-state index contributed by atoms with van der Waals surface area (Å²) in [4.78, 5) is 10.3. The molecular weight excluding hydrogens is 796 g/mol. The van der Waals surface area contributed by atoms with Crippen molar-refractivity contribution in [1.82, 2.24) is 29.5 Å². The molecule has 7 heteroatoms. The molecule has 244 valence electrons. The largest absolute Gasteiger partial charge is 2.00 e. The molecule has 0 unspecified atom stereocenters. The number of nitrogens with zero attached hydrogens (tertiary/aromatic N) is 6. The molecule has 50 heavy (non-hydrogen) atoms.